The van der Waals surface area contributed by atoms with Crippen LogP contribution in [0.15, 0.2) is 18.2 Å². The van der Waals surface area contributed by atoms with Crippen molar-refractivity contribution in [3.8, 4) is 5.75 Å². The van der Waals surface area contributed by atoms with E-state index in [9.17, 15) is 9.59 Å². The van der Waals surface area contributed by atoms with Crippen LogP contribution in [-0.4, -0.2) is 42.8 Å². The molecule has 1 atom stereocenters. The number of amides is 1. The SMILES string of the molecule is COCC(C)(CC(=O)O)NC(=O)COc1ccc(Cl)cc1Cl. The second-order valence-corrected chi connectivity index (χ2v) is 5.82. The Hall–Kier alpha value is -1.50. The predicted octanol–water partition coefficient (Wildman–Crippen LogP) is 2.37. The summed E-state index contributed by atoms with van der Waals surface area (Å²) in [6.07, 6.45) is -0.270. The number of nitrogens with one attached hydrogen (secondary N) is 1. The third kappa shape index (κ3) is 6.09. The van der Waals surface area contributed by atoms with Crippen molar-refractivity contribution in [2.75, 3.05) is 20.3 Å². The second-order valence-electron chi connectivity index (χ2n) is 4.98. The highest BCUT2D eigenvalue weighted by atomic mass is 35.5. The van der Waals surface area contributed by atoms with Crippen molar-refractivity contribution in [3.05, 3.63) is 28.2 Å². The summed E-state index contributed by atoms with van der Waals surface area (Å²) in [5, 5.41) is 12.2. The van der Waals surface area contributed by atoms with E-state index >= 15 is 0 Å². The van der Waals surface area contributed by atoms with E-state index in [1.54, 1.807) is 19.1 Å². The van der Waals surface area contributed by atoms with Gasteiger partial charge in [-0.05, 0) is 25.1 Å². The van der Waals surface area contributed by atoms with Crippen molar-refractivity contribution in [1.82, 2.24) is 5.32 Å². The molecule has 0 aliphatic carbocycles. The number of aliphatic carboxylic acids is 1. The van der Waals surface area contributed by atoms with E-state index in [4.69, 9.17) is 37.8 Å². The summed E-state index contributed by atoms with van der Waals surface area (Å²) < 4.78 is 10.2. The summed E-state index contributed by atoms with van der Waals surface area (Å²) >= 11 is 11.7. The van der Waals surface area contributed by atoms with Gasteiger partial charge in [-0.3, -0.25) is 9.59 Å². The highest BCUT2D eigenvalue weighted by Gasteiger charge is 2.29. The molecule has 0 saturated carbocycles. The maximum Gasteiger partial charge on any atom is 0.305 e. The lowest BCUT2D eigenvalue weighted by Gasteiger charge is -2.28. The molecule has 1 amide bonds. The standard InChI is InChI=1S/C14H17Cl2NO5/c1-14(8-21-2,6-13(19)20)17-12(18)7-22-11-4-3-9(15)5-10(11)16/h3-5H,6-8H2,1-2H3,(H,17,18)(H,19,20). The Balaban J connectivity index is 2.62. The lowest BCUT2D eigenvalue weighted by Crippen LogP contribution is -2.52. The van der Waals surface area contributed by atoms with Crippen LogP contribution in [0.3, 0.4) is 0 Å². The van der Waals surface area contributed by atoms with E-state index < -0.39 is 17.4 Å². The number of halogens is 2. The molecule has 2 N–H and O–H groups in total. The first kappa shape index (κ1) is 18.5. The molecular weight excluding hydrogens is 333 g/mol. The third-order valence-electron chi connectivity index (χ3n) is 2.70. The number of hydrogen-bond donors (Lipinski definition) is 2. The van der Waals surface area contributed by atoms with Gasteiger partial charge in [-0.2, -0.15) is 0 Å². The number of rotatable bonds is 8. The van der Waals surface area contributed by atoms with Gasteiger partial charge in [0.2, 0.25) is 0 Å². The summed E-state index contributed by atoms with van der Waals surface area (Å²) in [5.74, 6) is -1.21. The smallest absolute Gasteiger partial charge is 0.305 e. The van der Waals surface area contributed by atoms with Crippen LogP contribution in [-0.2, 0) is 14.3 Å². The normalized spacial score (nSPS) is 13.3. The Kier molecular flexibility index (Phi) is 6.93. The Morgan fingerprint density at radius 3 is 2.59 bits per heavy atom. The van der Waals surface area contributed by atoms with E-state index in [1.165, 1.54) is 13.2 Å². The van der Waals surface area contributed by atoms with Gasteiger partial charge in [-0.15, -0.1) is 0 Å². The topological polar surface area (TPSA) is 84.9 Å². The molecular formula is C14H17Cl2NO5. The van der Waals surface area contributed by atoms with Gasteiger partial charge < -0.3 is 19.9 Å². The fourth-order valence-electron chi connectivity index (χ4n) is 1.89. The van der Waals surface area contributed by atoms with Crippen LogP contribution in [0.5, 0.6) is 5.75 Å². The highest BCUT2D eigenvalue weighted by molar-refractivity contribution is 6.35. The first-order valence-electron chi connectivity index (χ1n) is 6.35. The monoisotopic (exact) mass is 349 g/mol. The number of carbonyl (C=O) groups excluding carboxylic acids is 1. The average molecular weight is 350 g/mol. The van der Waals surface area contributed by atoms with Gasteiger partial charge in [-0.1, -0.05) is 23.2 Å². The Bertz CT molecular complexity index is 552. The van der Waals surface area contributed by atoms with Crippen molar-refractivity contribution in [2.24, 2.45) is 0 Å². The molecule has 0 bridgehead atoms. The first-order valence-corrected chi connectivity index (χ1v) is 7.11. The minimum Gasteiger partial charge on any atom is -0.482 e. The van der Waals surface area contributed by atoms with Crippen molar-refractivity contribution < 1.29 is 24.2 Å². The lowest BCUT2D eigenvalue weighted by atomic mass is 9.99. The van der Waals surface area contributed by atoms with E-state index in [1.807, 2.05) is 0 Å². The Morgan fingerprint density at radius 1 is 1.36 bits per heavy atom. The fraction of sp³-hybridized carbons (Fsp3) is 0.429. The zero-order chi connectivity index (χ0) is 16.8. The third-order valence-corrected chi connectivity index (χ3v) is 3.23. The maximum absolute atomic E-state index is 11.9. The minimum absolute atomic E-state index is 0.0622. The van der Waals surface area contributed by atoms with Gasteiger partial charge in [0.15, 0.2) is 6.61 Å². The lowest BCUT2D eigenvalue weighted by molar-refractivity contribution is -0.139. The molecule has 0 spiro atoms. The van der Waals surface area contributed by atoms with Crippen molar-refractivity contribution in [3.63, 3.8) is 0 Å². The van der Waals surface area contributed by atoms with Gasteiger partial charge in [0.1, 0.15) is 5.75 Å². The molecule has 0 fully saturated rings. The van der Waals surface area contributed by atoms with Crippen LogP contribution in [0.2, 0.25) is 10.0 Å². The second kappa shape index (κ2) is 8.22. The number of carboxylic acids is 1. The molecule has 1 aromatic rings. The summed E-state index contributed by atoms with van der Waals surface area (Å²) in [6, 6.07) is 4.62. The number of carbonyl (C=O) groups is 2. The van der Waals surface area contributed by atoms with Crippen LogP contribution in [0.1, 0.15) is 13.3 Å². The molecule has 1 rings (SSSR count). The molecule has 122 valence electrons. The van der Waals surface area contributed by atoms with E-state index in [0.29, 0.717) is 10.8 Å². The van der Waals surface area contributed by atoms with Crippen molar-refractivity contribution in [1.29, 1.82) is 0 Å². The summed E-state index contributed by atoms with van der Waals surface area (Å²) in [4.78, 5) is 22.8. The van der Waals surface area contributed by atoms with Crippen LogP contribution < -0.4 is 10.1 Å². The van der Waals surface area contributed by atoms with Crippen LogP contribution in [0.25, 0.3) is 0 Å². The van der Waals surface area contributed by atoms with Gasteiger partial charge in [0.05, 0.1) is 23.6 Å². The number of ether oxygens (including phenoxy) is 2. The van der Waals surface area contributed by atoms with Crippen molar-refractivity contribution >= 4 is 35.1 Å². The predicted molar refractivity (Wildman–Crippen MR) is 82.6 cm³/mol. The first-order chi connectivity index (χ1) is 10.3. The van der Waals surface area contributed by atoms with Gasteiger partial charge in [0.25, 0.3) is 5.91 Å². The van der Waals surface area contributed by atoms with E-state index in [2.05, 4.69) is 5.32 Å². The van der Waals surface area contributed by atoms with Crippen LogP contribution in [0, 0.1) is 0 Å². The average Bonchev–Trinajstić information content (AvgIpc) is 2.36. The maximum atomic E-state index is 11.9. The summed E-state index contributed by atoms with van der Waals surface area (Å²) in [5.41, 5.74) is -1.02. The molecule has 0 saturated heterocycles. The molecule has 0 aromatic heterocycles. The van der Waals surface area contributed by atoms with E-state index in [0.717, 1.165) is 0 Å². The molecule has 6 nitrogen and oxygen atoms in total. The zero-order valence-corrected chi connectivity index (χ0v) is 13.7. The molecule has 0 aliphatic rings. The molecule has 1 aromatic carbocycles. The largest absolute Gasteiger partial charge is 0.482 e. The van der Waals surface area contributed by atoms with Gasteiger partial charge in [0, 0.05) is 12.1 Å². The molecule has 0 aliphatic heterocycles. The molecule has 22 heavy (non-hydrogen) atoms. The number of benzene rings is 1. The quantitative estimate of drug-likeness (QED) is 0.752. The number of hydrogen-bond acceptors (Lipinski definition) is 4. The molecule has 1 unspecified atom stereocenters. The fourth-order valence-corrected chi connectivity index (χ4v) is 2.35. The van der Waals surface area contributed by atoms with Gasteiger partial charge >= 0.3 is 5.97 Å². The van der Waals surface area contributed by atoms with Crippen LogP contribution in [0.4, 0.5) is 0 Å². The number of methoxy groups -OCH3 is 1. The van der Waals surface area contributed by atoms with Crippen LogP contribution >= 0.6 is 23.2 Å². The molecule has 0 heterocycles. The van der Waals surface area contributed by atoms with Crippen molar-refractivity contribution in [2.45, 2.75) is 18.9 Å². The van der Waals surface area contributed by atoms with E-state index in [-0.39, 0.29) is 24.7 Å². The molecule has 0 radical (unpaired) electrons. The minimum atomic E-state index is -1.04. The molecule has 8 heteroatoms. The highest BCUT2D eigenvalue weighted by Crippen LogP contribution is 2.27. The summed E-state index contributed by atoms with van der Waals surface area (Å²) in [7, 11) is 1.43. The number of carboxylic acid groups (broad SMARTS) is 1. The summed E-state index contributed by atoms with van der Waals surface area (Å²) in [6.45, 7) is 1.34. The zero-order valence-electron chi connectivity index (χ0n) is 12.2. The Labute approximate surface area is 138 Å². The van der Waals surface area contributed by atoms with Gasteiger partial charge in [-0.25, -0.2) is 0 Å². The Morgan fingerprint density at radius 2 is 2.05 bits per heavy atom.